The van der Waals surface area contributed by atoms with Crippen molar-refractivity contribution in [2.75, 3.05) is 23.3 Å². The van der Waals surface area contributed by atoms with Crippen molar-refractivity contribution in [2.24, 2.45) is 5.73 Å². The van der Waals surface area contributed by atoms with Crippen LogP contribution in [0, 0.1) is 6.92 Å². The molecular formula is C16H18N8. The van der Waals surface area contributed by atoms with Gasteiger partial charge in [-0.15, -0.1) is 0 Å². The van der Waals surface area contributed by atoms with E-state index in [9.17, 15) is 0 Å². The van der Waals surface area contributed by atoms with Crippen molar-refractivity contribution < 1.29 is 0 Å². The first-order chi connectivity index (χ1) is 11.7. The van der Waals surface area contributed by atoms with E-state index >= 15 is 0 Å². The predicted molar refractivity (Wildman–Crippen MR) is 91.6 cm³/mol. The van der Waals surface area contributed by atoms with Crippen LogP contribution < -0.4 is 16.0 Å². The van der Waals surface area contributed by atoms with E-state index in [-0.39, 0.29) is 6.04 Å². The van der Waals surface area contributed by atoms with Crippen molar-refractivity contribution >= 4 is 17.5 Å². The lowest BCUT2D eigenvalue weighted by molar-refractivity contribution is 0.514. The molecule has 0 amide bonds. The molecule has 8 heteroatoms. The lowest BCUT2D eigenvalue weighted by atomic mass is 10.1. The number of aromatic nitrogens is 5. The summed E-state index contributed by atoms with van der Waals surface area (Å²) in [5, 5.41) is 7.51. The maximum atomic E-state index is 5.82. The average molecular weight is 322 g/mol. The summed E-state index contributed by atoms with van der Waals surface area (Å²) in [6.45, 7) is 3.53. The first-order valence-electron chi connectivity index (χ1n) is 7.77. The second-order valence-corrected chi connectivity index (χ2v) is 5.81. The summed E-state index contributed by atoms with van der Waals surface area (Å²) < 4.78 is 1.74. The summed E-state index contributed by atoms with van der Waals surface area (Å²) in [6.07, 6.45) is 3.45. The van der Waals surface area contributed by atoms with E-state index in [1.807, 2.05) is 37.3 Å². The van der Waals surface area contributed by atoms with E-state index in [1.54, 1.807) is 17.2 Å². The number of hydrogen-bond donors (Lipinski definition) is 2. The Morgan fingerprint density at radius 1 is 1.12 bits per heavy atom. The van der Waals surface area contributed by atoms with Crippen molar-refractivity contribution in [2.45, 2.75) is 13.0 Å². The Bertz CT molecular complexity index is 835. The lowest BCUT2D eigenvalue weighted by Gasteiger charge is -2.37. The Morgan fingerprint density at radius 3 is 2.58 bits per heavy atom. The van der Waals surface area contributed by atoms with Crippen LogP contribution >= 0.6 is 0 Å². The van der Waals surface area contributed by atoms with Gasteiger partial charge >= 0.3 is 0 Å². The summed E-state index contributed by atoms with van der Waals surface area (Å²) in [7, 11) is 0. The van der Waals surface area contributed by atoms with Gasteiger partial charge in [0.15, 0.2) is 0 Å². The number of nitrogens with two attached hydrogens (primary N) is 1. The van der Waals surface area contributed by atoms with Crippen LogP contribution in [-0.4, -0.2) is 43.9 Å². The van der Waals surface area contributed by atoms with Gasteiger partial charge in [0, 0.05) is 31.0 Å². The van der Waals surface area contributed by atoms with Crippen LogP contribution in [0.3, 0.4) is 0 Å². The number of nitrogens with one attached hydrogen (secondary N) is 1. The van der Waals surface area contributed by atoms with Crippen LogP contribution in [0.15, 0.2) is 42.9 Å². The van der Waals surface area contributed by atoms with Crippen molar-refractivity contribution in [3.05, 3.63) is 48.7 Å². The molecule has 0 bridgehead atoms. The highest BCUT2D eigenvalue weighted by molar-refractivity contribution is 5.57. The number of nitrogens with zero attached hydrogens (tertiary/aromatic N) is 6. The van der Waals surface area contributed by atoms with Crippen molar-refractivity contribution in [1.82, 2.24) is 24.7 Å². The van der Waals surface area contributed by atoms with Gasteiger partial charge in [0.25, 0.3) is 0 Å². The molecule has 3 N–H and O–H groups in total. The first-order valence-corrected chi connectivity index (χ1v) is 7.77. The Morgan fingerprint density at radius 2 is 1.92 bits per heavy atom. The molecule has 24 heavy (non-hydrogen) atoms. The topological polar surface area (TPSA) is 97.8 Å². The maximum Gasteiger partial charge on any atom is 0.229 e. The molecule has 0 aliphatic carbocycles. The third-order valence-corrected chi connectivity index (χ3v) is 3.87. The quantitative estimate of drug-likeness (QED) is 0.746. The van der Waals surface area contributed by atoms with Crippen LogP contribution in [0.2, 0.25) is 0 Å². The molecular weight excluding hydrogens is 304 g/mol. The zero-order valence-corrected chi connectivity index (χ0v) is 13.3. The highest BCUT2D eigenvalue weighted by atomic mass is 15.3. The molecule has 1 fully saturated rings. The van der Waals surface area contributed by atoms with Crippen molar-refractivity contribution in [1.29, 1.82) is 0 Å². The van der Waals surface area contributed by atoms with Gasteiger partial charge in [-0.3, -0.25) is 0 Å². The normalized spacial score (nSPS) is 14.5. The molecule has 0 atom stereocenters. The van der Waals surface area contributed by atoms with Crippen LogP contribution in [0.1, 0.15) is 5.82 Å². The maximum absolute atomic E-state index is 5.82. The van der Waals surface area contributed by atoms with Gasteiger partial charge in [-0.05, 0) is 37.3 Å². The average Bonchev–Trinajstić information content (AvgIpc) is 2.99. The van der Waals surface area contributed by atoms with Gasteiger partial charge in [-0.2, -0.15) is 10.1 Å². The van der Waals surface area contributed by atoms with Crippen LogP contribution in [0.25, 0.3) is 5.69 Å². The zero-order valence-electron chi connectivity index (χ0n) is 13.3. The Labute approximate surface area is 139 Å². The third-order valence-electron chi connectivity index (χ3n) is 3.87. The Kier molecular flexibility index (Phi) is 3.58. The molecule has 0 saturated carbocycles. The van der Waals surface area contributed by atoms with Crippen molar-refractivity contribution in [3.8, 4) is 5.69 Å². The van der Waals surface area contributed by atoms with E-state index < -0.39 is 0 Å². The molecule has 1 aliphatic heterocycles. The molecule has 1 aliphatic rings. The monoisotopic (exact) mass is 322 g/mol. The van der Waals surface area contributed by atoms with E-state index in [4.69, 9.17) is 5.73 Å². The fourth-order valence-corrected chi connectivity index (χ4v) is 2.58. The second kappa shape index (κ2) is 5.89. The number of benzene rings is 1. The third kappa shape index (κ3) is 2.91. The summed E-state index contributed by atoms with van der Waals surface area (Å²) in [6, 6.07) is 9.99. The summed E-state index contributed by atoms with van der Waals surface area (Å²) in [5.41, 5.74) is 7.68. The van der Waals surface area contributed by atoms with Gasteiger partial charge in [0.1, 0.15) is 18.0 Å². The fourth-order valence-electron chi connectivity index (χ4n) is 2.58. The molecule has 3 aromatic rings. The minimum Gasteiger partial charge on any atom is -0.353 e. The predicted octanol–water partition coefficient (Wildman–Crippen LogP) is 1.26. The molecule has 1 saturated heterocycles. The first kappa shape index (κ1) is 14.6. The van der Waals surface area contributed by atoms with Crippen LogP contribution in [0.4, 0.5) is 17.5 Å². The van der Waals surface area contributed by atoms with Gasteiger partial charge in [0.2, 0.25) is 5.95 Å². The van der Waals surface area contributed by atoms with Crippen LogP contribution in [-0.2, 0) is 0 Å². The highest BCUT2D eigenvalue weighted by Crippen LogP contribution is 2.20. The second-order valence-electron chi connectivity index (χ2n) is 5.81. The molecule has 1 aromatic carbocycles. The lowest BCUT2D eigenvalue weighted by Crippen LogP contribution is -2.56. The molecule has 8 nitrogen and oxygen atoms in total. The number of hydrogen-bond acceptors (Lipinski definition) is 7. The highest BCUT2D eigenvalue weighted by Gasteiger charge is 2.24. The van der Waals surface area contributed by atoms with Gasteiger partial charge in [-0.25, -0.2) is 14.6 Å². The number of anilines is 3. The smallest absolute Gasteiger partial charge is 0.229 e. The molecule has 0 spiro atoms. The standard InChI is InChI=1S/C16H18N8/c1-11-19-10-24(22-11)14-4-2-13(3-5-14)20-16-18-7-6-15(21-16)23-8-12(17)9-23/h2-7,10,12H,8-9,17H2,1H3,(H,18,20,21). The summed E-state index contributed by atoms with van der Waals surface area (Å²) in [4.78, 5) is 15.1. The largest absolute Gasteiger partial charge is 0.353 e. The zero-order chi connectivity index (χ0) is 16.5. The van der Waals surface area contributed by atoms with E-state index in [2.05, 4.69) is 30.3 Å². The minimum absolute atomic E-state index is 0.240. The molecule has 3 heterocycles. The number of aryl methyl sites for hydroxylation is 1. The van der Waals surface area contributed by atoms with E-state index in [0.717, 1.165) is 36.1 Å². The van der Waals surface area contributed by atoms with Crippen molar-refractivity contribution in [3.63, 3.8) is 0 Å². The SMILES string of the molecule is Cc1ncn(-c2ccc(Nc3nccc(N4CC(N)C4)n3)cc2)n1. The molecule has 0 radical (unpaired) electrons. The van der Waals surface area contributed by atoms with Crippen LogP contribution in [0.5, 0.6) is 0 Å². The van der Waals surface area contributed by atoms with E-state index in [0.29, 0.717) is 5.95 Å². The molecule has 0 unspecified atom stereocenters. The number of rotatable bonds is 4. The Balaban J connectivity index is 1.48. The van der Waals surface area contributed by atoms with Gasteiger partial charge in [0.05, 0.1) is 5.69 Å². The Hall–Kier alpha value is -3.00. The minimum atomic E-state index is 0.240. The van der Waals surface area contributed by atoms with Gasteiger partial charge in [-0.1, -0.05) is 0 Å². The van der Waals surface area contributed by atoms with E-state index in [1.165, 1.54) is 0 Å². The fraction of sp³-hybridized carbons (Fsp3) is 0.250. The van der Waals surface area contributed by atoms with Gasteiger partial charge < -0.3 is 16.0 Å². The summed E-state index contributed by atoms with van der Waals surface area (Å²) in [5.74, 6) is 2.20. The summed E-state index contributed by atoms with van der Waals surface area (Å²) >= 11 is 0. The molecule has 122 valence electrons. The molecule has 2 aromatic heterocycles. The molecule has 4 rings (SSSR count).